The first-order valence-electron chi connectivity index (χ1n) is 5.11. The first-order chi connectivity index (χ1) is 7.74. The molecular weight excluding hydrogens is 226 g/mol. The zero-order valence-corrected chi connectivity index (χ0v) is 10.2. The molecule has 1 N–H and O–H groups in total. The Kier molecular flexibility index (Phi) is 3.28. The third-order valence-corrected chi connectivity index (χ3v) is 3.92. The van der Waals surface area contributed by atoms with Gasteiger partial charge in [-0.25, -0.2) is 0 Å². The number of nitrogens with one attached hydrogen (secondary N) is 1. The lowest BCUT2D eigenvalue weighted by molar-refractivity contribution is -0.189. The zero-order valence-electron chi connectivity index (χ0n) is 9.36. The van der Waals surface area contributed by atoms with E-state index in [2.05, 4.69) is 5.32 Å². The van der Waals surface area contributed by atoms with Gasteiger partial charge < -0.3 is 14.8 Å². The molecule has 0 amide bonds. The van der Waals surface area contributed by atoms with Gasteiger partial charge in [-0.15, -0.1) is 11.3 Å². The molecule has 0 bridgehead atoms. The second kappa shape index (κ2) is 4.53. The van der Waals surface area contributed by atoms with E-state index in [1.165, 1.54) is 7.11 Å². The van der Waals surface area contributed by atoms with Crippen molar-refractivity contribution in [1.29, 1.82) is 0 Å². The second-order valence-electron chi connectivity index (χ2n) is 3.88. The highest BCUT2D eigenvalue weighted by Crippen LogP contribution is 2.42. The highest BCUT2D eigenvalue weighted by Gasteiger charge is 2.53. The van der Waals surface area contributed by atoms with Crippen LogP contribution in [-0.2, 0) is 14.3 Å². The van der Waals surface area contributed by atoms with Gasteiger partial charge in [0.2, 0.25) is 0 Å². The quantitative estimate of drug-likeness (QED) is 0.805. The molecule has 2 heterocycles. The average Bonchev–Trinajstić information content (AvgIpc) is 2.75. The van der Waals surface area contributed by atoms with Crippen molar-refractivity contribution < 1.29 is 14.3 Å². The molecule has 16 heavy (non-hydrogen) atoms. The molecule has 1 aliphatic rings. The number of thiophene rings is 1. The van der Waals surface area contributed by atoms with Crippen LogP contribution in [0.15, 0.2) is 17.5 Å². The number of carbonyl (C=O) groups excluding carboxylic acids is 1. The highest BCUT2D eigenvalue weighted by atomic mass is 32.1. The lowest BCUT2D eigenvalue weighted by Crippen LogP contribution is -2.56. The Morgan fingerprint density at radius 1 is 1.69 bits per heavy atom. The molecule has 4 nitrogen and oxygen atoms in total. The van der Waals surface area contributed by atoms with E-state index in [0.717, 1.165) is 4.88 Å². The van der Waals surface area contributed by atoms with Crippen LogP contribution in [0.5, 0.6) is 0 Å². The topological polar surface area (TPSA) is 47.6 Å². The minimum absolute atomic E-state index is 0.0336. The first-order valence-corrected chi connectivity index (χ1v) is 5.99. The van der Waals surface area contributed by atoms with Gasteiger partial charge in [0.05, 0.1) is 26.4 Å². The number of hydrogen-bond donors (Lipinski definition) is 1. The summed E-state index contributed by atoms with van der Waals surface area (Å²) in [5.41, 5.74) is -0.561. The Balaban J connectivity index is 2.28. The summed E-state index contributed by atoms with van der Waals surface area (Å²) in [5, 5.41) is 5.20. The van der Waals surface area contributed by atoms with Crippen molar-refractivity contribution in [1.82, 2.24) is 5.32 Å². The van der Waals surface area contributed by atoms with Gasteiger partial charge in [0.1, 0.15) is 5.41 Å². The van der Waals surface area contributed by atoms with Gasteiger partial charge in [-0.3, -0.25) is 4.79 Å². The standard InChI is InChI=1S/C11H15NO3S/c1-12-9(8-4-3-5-16-8)11(6-15-7-11)10(13)14-2/h3-5,9,12H,6-7H2,1-2H3. The molecule has 1 unspecified atom stereocenters. The summed E-state index contributed by atoms with van der Waals surface area (Å²) in [6.07, 6.45) is 0. The molecule has 1 aliphatic heterocycles. The lowest BCUT2D eigenvalue weighted by Gasteiger charge is -2.43. The van der Waals surface area contributed by atoms with E-state index in [1.807, 2.05) is 24.6 Å². The number of methoxy groups -OCH3 is 1. The molecule has 0 saturated carbocycles. The largest absolute Gasteiger partial charge is 0.468 e. The van der Waals surface area contributed by atoms with Crippen molar-refractivity contribution in [3.8, 4) is 0 Å². The predicted molar refractivity (Wildman–Crippen MR) is 61.4 cm³/mol. The molecule has 2 rings (SSSR count). The maximum absolute atomic E-state index is 11.9. The van der Waals surface area contributed by atoms with E-state index >= 15 is 0 Å². The van der Waals surface area contributed by atoms with Gasteiger partial charge in [0.15, 0.2) is 0 Å². The summed E-state index contributed by atoms with van der Waals surface area (Å²) in [6, 6.07) is 3.97. The van der Waals surface area contributed by atoms with E-state index in [-0.39, 0.29) is 12.0 Å². The van der Waals surface area contributed by atoms with Crippen molar-refractivity contribution in [2.45, 2.75) is 6.04 Å². The Labute approximate surface area is 98.6 Å². The van der Waals surface area contributed by atoms with Crippen LogP contribution in [0.4, 0.5) is 0 Å². The predicted octanol–water partition coefficient (Wildman–Crippen LogP) is 1.20. The Morgan fingerprint density at radius 3 is 2.81 bits per heavy atom. The fourth-order valence-corrected chi connectivity index (χ4v) is 3.02. The molecule has 88 valence electrons. The summed E-state index contributed by atoms with van der Waals surface area (Å²) >= 11 is 1.63. The maximum atomic E-state index is 11.9. The summed E-state index contributed by atoms with van der Waals surface area (Å²) < 4.78 is 10.1. The first kappa shape index (κ1) is 11.6. The fourth-order valence-electron chi connectivity index (χ4n) is 2.07. The van der Waals surface area contributed by atoms with Crippen LogP contribution < -0.4 is 5.32 Å². The Morgan fingerprint density at radius 2 is 2.44 bits per heavy atom. The third-order valence-electron chi connectivity index (χ3n) is 2.98. The fraction of sp³-hybridized carbons (Fsp3) is 0.545. The van der Waals surface area contributed by atoms with Crippen LogP contribution in [0.2, 0.25) is 0 Å². The summed E-state index contributed by atoms with van der Waals surface area (Å²) in [4.78, 5) is 13.0. The smallest absolute Gasteiger partial charge is 0.318 e. The van der Waals surface area contributed by atoms with Crippen LogP contribution in [0, 0.1) is 5.41 Å². The maximum Gasteiger partial charge on any atom is 0.318 e. The monoisotopic (exact) mass is 241 g/mol. The van der Waals surface area contributed by atoms with Gasteiger partial charge >= 0.3 is 5.97 Å². The van der Waals surface area contributed by atoms with Crippen molar-refractivity contribution in [2.24, 2.45) is 5.41 Å². The molecule has 0 aromatic carbocycles. The Bertz CT molecular complexity index is 359. The number of ether oxygens (including phenoxy) is 2. The highest BCUT2D eigenvalue weighted by molar-refractivity contribution is 7.10. The summed E-state index contributed by atoms with van der Waals surface area (Å²) in [5.74, 6) is -0.202. The molecule has 0 radical (unpaired) electrons. The Hall–Kier alpha value is -0.910. The van der Waals surface area contributed by atoms with Crippen LogP contribution in [0.3, 0.4) is 0 Å². The lowest BCUT2D eigenvalue weighted by atomic mass is 9.77. The molecular formula is C11H15NO3S. The molecule has 5 heteroatoms. The number of hydrogen-bond acceptors (Lipinski definition) is 5. The normalized spacial score (nSPS) is 19.9. The van der Waals surface area contributed by atoms with E-state index in [0.29, 0.717) is 13.2 Å². The van der Waals surface area contributed by atoms with Gasteiger partial charge in [-0.05, 0) is 18.5 Å². The SMILES string of the molecule is CNC(c1cccs1)C1(C(=O)OC)COC1. The van der Waals surface area contributed by atoms with Crippen LogP contribution in [-0.4, -0.2) is 33.3 Å². The van der Waals surface area contributed by atoms with Crippen molar-refractivity contribution in [2.75, 3.05) is 27.4 Å². The van der Waals surface area contributed by atoms with Gasteiger partial charge in [0.25, 0.3) is 0 Å². The van der Waals surface area contributed by atoms with Crippen molar-refractivity contribution >= 4 is 17.3 Å². The van der Waals surface area contributed by atoms with E-state index in [4.69, 9.17) is 9.47 Å². The molecule has 0 spiro atoms. The molecule has 1 aromatic heterocycles. The molecule has 1 saturated heterocycles. The third kappa shape index (κ3) is 1.65. The summed E-state index contributed by atoms with van der Waals surface area (Å²) in [7, 11) is 3.27. The van der Waals surface area contributed by atoms with Crippen LogP contribution in [0.1, 0.15) is 10.9 Å². The summed E-state index contributed by atoms with van der Waals surface area (Å²) in [6.45, 7) is 0.839. The van der Waals surface area contributed by atoms with Gasteiger partial charge in [-0.2, -0.15) is 0 Å². The zero-order chi connectivity index (χ0) is 11.6. The molecule has 1 fully saturated rings. The number of rotatable bonds is 4. The minimum atomic E-state index is -0.561. The van der Waals surface area contributed by atoms with Crippen LogP contribution in [0.25, 0.3) is 0 Å². The van der Waals surface area contributed by atoms with E-state index in [1.54, 1.807) is 11.3 Å². The average molecular weight is 241 g/mol. The van der Waals surface area contributed by atoms with Crippen molar-refractivity contribution in [3.05, 3.63) is 22.4 Å². The number of esters is 1. The molecule has 1 aromatic rings. The van der Waals surface area contributed by atoms with Gasteiger partial charge in [0, 0.05) is 4.88 Å². The van der Waals surface area contributed by atoms with Gasteiger partial charge in [-0.1, -0.05) is 6.07 Å². The van der Waals surface area contributed by atoms with E-state index in [9.17, 15) is 4.79 Å². The van der Waals surface area contributed by atoms with Crippen molar-refractivity contribution in [3.63, 3.8) is 0 Å². The number of carbonyl (C=O) groups is 1. The van der Waals surface area contributed by atoms with Crippen LogP contribution >= 0.6 is 11.3 Å². The van der Waals surface area contributed by atoms with E-state index < -0.39 is 5.41 Å². The molecule has 1 atom stereocenters. The molecule has 0 aliphatic carbocycles. The second-order valence-corrected chi connectivity index (χ2v) is 4.86. The minimum Gasteiger partial charge on any atom is -0.468 e.